The first kappa shape index (κ1) is 14.3. The Kier molecular flexibility index (Phi) is 5.15. The maximum Gasteiger partial charge on any atom is 0.230 e. The second-order valence-corrected chi connectivity index (χ2v) is 5.16. The molecule has 0 radical (unpaired) electrons. The highest BCUT2D eigenvalue weighted by Crippen LogP contribution is 2.16. The van der Waals surface area contributed by atoms with Crippen LogP contribution in [0, 0.1) is 0 Å². The van der Waals surface area contributed by atoms with Gasteiger partial charge in [0.25, 0.3) is 0 Å². The number of nitrogens with one attached hydrogen (secondary N) is 1. The summed E-state index contributed by atoms with van der Waals surface area (Å²) >= 11 is 5.87. The van der Waals surface area contributed by atoms with Gasteiger partial charge in [-0.1, -0.05) is 0 Å². The average molecular weight is 286 g/mol. The third kappa shape index (κ3) is 4.47. The molecule has 0 amide bonds. The van der Waals surface area contributed by atoms with Crippen LogP contribution >= 0.6 is 11.6 Å². The zero-order valence-corrected chi connectivity index (χ0v) is 12.2. The molecule has 0 saturated carbocycles. The molecule has 0 spiro atoms. The van der Waals surface area contributed by atoms with E-state index in [9.17, 15) is 0 Å². The van der Waals surface area contributed by atoms with Crippen LogP contribution in [0.5, 0.6) is 0 Å². The molecule has 1 atom stereocenters. The topological polar surface area (TPSA) is 63.2 Å². The zero-order chi connectivity index (χ0) is 13.7. The molecule has 19 heavy (non-hydrogen) atoms. The van der Waals surface area contributed by atoms with Gasteiger partial charge in [-0.2, -0.15) is 15.0 Å². The fourth-order valence-electron chi connectivity index (χ4n) is 2.00. The summed E-state index contributed by atoms with van der Waals surface area (Å²) in [6.07, 6.45) is 4.89. The fraction of sp³-hybridized carbons (Fsp3) is 0.750. The van der Waals surface area contributed by atoms with Crippen molar-refractivity contribution in [2.24, 2.45) is 0 Å². The second kappa shape index (κ2) is 6.86. The van der Waals surface area contributed by atoms with Crippen LogP contribution in [0.4, 0.5) is 11.9 Å². The minimum absolute atomic E-state index is 0.204. The molecule has 1 fully saturated rings. The summed E-state index contributed by atoms with van der Waals surface area (Å²) in [5, 5.41) is 3.38. The molecule has 0 bridgehead atoms. The minimum Gasteiger partial charge on any atom is -0.378 e. The van der Waals surface area contributed by atoms with Crippen LogP contribution in [-0.4, -0.2) is 48.3 Å². The van der Waals surface area contributed by atoms with Gasteiger partial charge in [0.2, 0.25) is 17.2 Å². The Morgan fingerprint density at radius 1 is 1.32 bits per heavy atom. The normalized spacial score (nSPS) is 19.2. The van der Waals surface area contributed by atoms with Gasteiger partial charge in [0, 0.05) is 27.2 Å². The maximum absolute atomic E-state index is 5.87. The Hall–Kier alpha value is -1.14. The highest BCUT2D eigenvalue weighted by Gasteiger charge is 2.13. The van der Waals surface area contributed by atoms with E-state index < -0.39 is 0 Å². The lowest BCUT2D eigenvalue weighted by Crippen LogP contribution is -2.22. The summed E-state index contributed by atoms with van der Waals surface area (Å²) in [6, 6.07) is 0. The van der Waals surface area contributed by atoms with Gasteiger partial charge in [0.15, 0.2) is 0 Å². The van der Waals surface area contributed by atoms with Crippen LogP contribution in [-0.2, 0) is 4.74 Å². The molecule has 106 valence electrons. The number of hydrogen-bond donors (Lipinski definition) is 1. The third-order valence-corrected chi connectivity index (χ3v) is 3.19. The van der Waals surface area contributed by atoms with Crippen LogP contribution in [0.25, 0.3) is 0 Å². The predicted molar refractivity (Wildman–Crippen MR) is 75.9 cm³/mol. The van der Waals surface area contributed by atoms with Crippen molar-refractivity contribution in [2.75, 3.05) is 37.5 Å². The molecule has 1 aromatic rings. The molecule has 1 unspecified atom stereocenters. The van der Waals surface area contributed by atoms with E-state index in [4.69, 9.17) is 16.3 Å². The molecular weight excluding hydrogens is 266 g/mol. The Labute approximate surface area is 118 Å². The number of aromatic nitrogens is 3. The molecule has 0 aliphatic carbocycles. The Morgan fingerprint density at radius 2 is 2.16 bits per heavy atom. The van der Waals surface area contributed by atoms with E-state index in [1.165, 1.54) is 12.8 Å². The third-order valence-electron chi connectivity index (χ3n) is 3.02. The Morgan fingerprint density at radius 3 is 2.84 bits per heavy atom. The van der Waals surface area contributed by atoms with Crippen LogP contribution in [0.15, 0.2) is 0 Å². The molecule has 6 nitrogen and oxygen atoms in total. The smallest absolute Gasteiger partial charge is 0.230 e. The van der Waals surface area contributed by atoms with Crippen LogP contribution in [0.1, 0.15) is 25.7 Å². The van der Waals surface area contributed by atoms with Crippen molar-refractivity contribution in [1.82, 2.24) is 15.0 Å². The van der Waals surface area contributed by atoms with Crippen LogP contribution < -0.4 is 10.2 Å². The molecule has 2 rings (SSSR count). The average Bonchev–Trinajstić information content (AvgIpc) is 2.39. The minimum atomic E-state index is 0.204. The van der Waals surface area contributed by atoms with Crippen LogP contribution in [0.2, 0.25) is 5.28 Å². The summed E-state index contributed by atoms with van der Waals surface area (Å²) in [5.74, 6) is 1.07. The molecule has 1 saturated heterocycles. The maximum atomic E-state index is 5.87. The number of nitrogens with zero attached hydrogens (tertiary/aromatic N) is 4. The predicted octanol–water partition coefficient (Wildman–Crippen LogP) is 1.96. The molecule has 7 heteroatoms. The van der Waals surface area contributed by atoms with Crippen molar-refractivity contribution in [3.8, 4) is 0 Å². The van der Waals surface area contributed by atoms with E-state index in [1.54, 1.807) is 4.90 Å². The van der Waals surface area contributed by atoms with Crippen molar-refractivity contribution >= 4 is 23.5 Å². The lowest BCUT2D eigenvalue weighted by molar-refractivity contribution is 0.0134. The second-order valence-electron chi connectivity index (χ2n) is 4.83. The first-order chi connectivity index (χ1) is 9.15. The Bertz CT molecular complexity index is 409. The monoisotopic (exact) mass is 285 g/mol. The van der Waals surface area contributed by atoms with Crippen molar-refractivity contribution in [3.63, 3.8) is 0 Å². The van der Waals surface area contributed by atoms with E-state index in [-0.39, 0.29) is 5.28 Å². The molecule has 1 aliphatic heterocycles. The summed E-state index contributed by atoms with van der Waals surface area (Å²) in [7, 11) is 3.73. The Balaban J connectivity index is 1.84. The van der Waals surface area contributed by atoms with Gasteiger partial charge in [-0.05, 0) is 37.3 Å². The van der Waals surface area contributed by atoms with E-state index in [1.807, 2.05) is 14.1 Å². The zero-order valence-electron chi connectivity index (χ0n) is 11.4. The van der Waals surface area contributed by atoms with Crippen LogP contribution in [0.3, 0.4) is 0 Å². The van der Waals surface area contributed by atoms with Crippen molar-refractivity contribution in [1.29, 1.82) is 0 Å². The molecular formula is C12H20ClN5O. The summed E-state index contributed by atoms with van der Waals surface area (Å²) in [6.45, 7) is 1.66. The number of rotatable bonds is 5. The quantitative estimate of drug-likeness (QED) is 0.892. The lowest BCUT2D eigenvalue weighted by Gasteiger charge is -2.22. The van der Waals surface area contributed by atoms with E-state index in [0.717, 1.165) is 26.0 Å². The standard InChI is InChI=1S/C12H20ClN5O/c1-18(2)12-16-10(13)15-11(17-12)14-7-6-9-5-3-4-8-19-9/h9H,3-8H2,1-2H3,(H,14,15,16,17). The van der Waals surface area contributed by atoms with Gasteiger partial charge in [-0.25, -0.2) is 0 Å². The SMILES string of the molecule is CN(C)c1nc(Cl)nc(NCCC2CCCCO2)n1. The summed E-state index contributed by atoms with van der Waals surface area (Å²) in [5.41, 5.74) is 0. The van der Waals surface area contributed by atoms with E-state index in [0.29, 0.717) is 18.0 Å². The van der Waals surface area contributed by atoms with Crippen molar-refractivity contribution in [2.45, 2.75) is 31.8 Å². The van der Waals surface area contributed by atoms with Gasteiger partial charge < -0.3 is 15.0 Å². The van der Waals surface area contributed by atoms with Crippen molar-refractivity contribution in [3.05, 3.63) is 5.28 Å². The van der Waals surface area contributed by atoms with Gasteiger partial charge in [-0.3, -0.25) is 0 Å². The number of hydrogen-bond acceptors (Lipinski definition) is 6. The number of halogens is 1. The van der Waals surface area contributed by atoms with Gasteiger partial charge >= 0.3 is 0 Å². The molecule has 2 heterocycles. The van der Waals surface area contributed by atoms with E-state index in [2.05, 4.69) is 20.3 Å². The van der Waals surface area contributed by atoms with Gasteiger partial charge in [-0.15, -0.1) is 0 Å². The highest BCUT2D eigenvalue weighted by atomic mass is 35.5. The molecule has 1 N–H and O–H groups in total. The first-order valence-electron chi connectivity index (χ1n) is 6.59. The highest BCUT2D eigenvalue weighted by molar-refractivity contribution is 6.28. The summed E-state index contributed by atoms with van der Waals surface area (Å²) < 4.78 is 5.67. The number of anilines is 2. The molecule has 1 aliphatic rings. The van der Waals surface area contributed by atoms with E-state index >= 15 is 0 Å². The van der Waals surface area contributed by atoms with Gasteiger partial charge in [0.1, 0.15) is 0 Å². The largest absolute Gasteiger partial charge is 0.378 e. The fourth-order valence-corrected chi connectivity index (χ4v) is 2.15. The molecule has 0 aromatic carbocycles. The lowest BCUT2D eigenvalue weighted by atomic mass is 10.1. The van der Waals surface area contributed by atoms with Crippen molar-refractivity contribution < 1.29 is 4.74 Å². The summed E-state index contributed by atoms with van der Waals surface area (Å²) in [4.78, 5) is 14.2. The van der Waals surface area contributed by atoms with Gasteiger partial charge in [0.05, 0.1) is 6.10 Å². The number of ether oxygens (including phenoxy) is 1. The first-order valence-corrected chi connectivity index (χ1v) is 6.97. The molecule has 1 aromatic heterocycles.